The lowest BCUT2D eigenvalue weighted by molar-refractivity contribution is -0.139. The molecule has 0 aliphatic rings. The molecule has 12 nitrogen and oxygen atoms in total. The number of sulfonamides is 2. The van der Waals surface area contributed by atoms with Crippen LogP contribution in [0.5, 0.6) is 0 Å². The van der Waals surface area contributed by atoms with Crippen molar-refractivity contribution in [1.29, 1.82) is 0 Å². The van der Waals surface area contributed by atoms with Crippen molar-refractivity contribution in [2.75, 3.05) is 0 Å². The largest absolute Gasteiger partial charge is 0.480 e. The number of aromatic amines is 2. The van der Waals surface area contributed by atoms with Crippen LogP contribution in [0, 0.1) is 0 Å². The molecule has 6 N–H and O–H groups in total. The first kappa shape index (κ1) is 36.9. The standard InChI is InChI=1S/2C17H15BrN2O4S/c2*18-12-5-7-13(8-6-12)25(23,24)20-16(17(21)22)9-11-10-19-15-4-2-1-3-14(11)15/h2*1-8,10,16,19-20H,9H2,(H,21,22)/t2*16-/m00/s1. The minimum atomic E-state index is -3.94. The summed E-state index contributed by atoms with van der Waals surface area (Å²) in [6.07, 6.45) is 3.48. The van der Waals surface area contributed by atoms with Crippen molar-refractivity contribution < 1.29 is 36.6 Å². The number of aliphatic carboxylic acids is 2. The Labute approximate surface area is 304 Å². The first-order valence-corrected chi connectivity index (χ1v) is 19.4. The fourth-order valence-corrected chi connectivity index (χ4v) is 8.04. The molecule has 0 aliphatic heterocycles. The zero-order valence-electron chi connectivity index (χ0n) is 25.9. The summed E-state index contributed by atoms with van der Waals surface area (Å²) in [5.74, 6) is -2.46. The second-order valence-corrected chi connectivity index (χ2v) is 16.3. The third kappa shape index (κ3) is 9.07. The van der Waals surface area contributed by atoms with Gasteiger partial charge < -0.3 is 20.2 Å². The number of rotatable bonds is 12. The molecule has 2 aromatic heterocycles. The Morgan fingerprint density at radius 2 is 0.920 bits per heavy atom. The third-order valence-corrected chi connectivity index (χ3v) is 11.7. The van der Waals surface area contributed by atoms with Gasteiger partial charge in [-0.3, -0.25) is 9.59 Å². The van der Waals surface area contributed by atoms with Crippen molar-refractivity contribution in [2.24, 2.45) is 0 Å². The number of carboxylic acids is 2. The van der Waals surface area contributed by atoms with Gasteiger partial charge in [0.15, 0.2) is 0 Å². The fourth-order valence-electron chi connectivity index (χ4n) is 5.14. The average Bonchev–Trinajstić information content (AvgIpc) is 3.68. The van der Waals surface area contributed by atoms with Crippen molar-refractivity contribution in [3.05, 3.63) is 130 Å². The number of hydrogen-bond acceptors (Lipinski definition) is 6. The van der Waals surface area contributed by atoms with Gasteiger partial charge in [0.05, 0.1) is 9.79 Å². The monoisotopic (exact) mass is 844 g/mol. The highest BCUT2D eigenvalue weighted by Gasteiger charge is 2.28. The highest BCUT2D eigenvalue weighted by Crippen LogP contribution is 2.22. The van der Waals surface area contributed by atoms with Gasteiger partial charge in [-0.05, 0) is 71.8 Å². The molecule has 0 unspecified atom stereocenters. The molecule has 0 bridgehead atoms. The number of aromatic nitrogens is 2. The lowest BCUT2D eigenvalue weighted by Crippen LogP contribution is -2.42. The van der Waals surface area contributed by atoms with Gasteiger partial charge >= 0.3 is 11.9 Å². The molecule has 0 amide bonds. The molecular weight excluding hydrogens is 816 g/mol. The molecule has 0 saturated carbocycles. The molecule has 50 heavy (non-hydrogen) atoms. The van der Waals surface area contributed by atoms with Gasteiger partial charge in [-0.1, -0.05) is 68.3 Å². The molecule has 0 saturated heterocycles. The van der Waals surface area contributed by atoms with Gasteiger partial charge in [0.1, 0.15) is 12.1 Å². The van der Waals surface area contributed by atoms with Crippen LogP contribution in [-0.2, 0) is 42.5 Å². The summed E-state index contributed by atoms with van der Waals surface area (Å²) >= 11 is 6.47. The minimum absolute atomic E-state index is 0.0147. The summed E-state index contributed by atoms with van der Waals surface area (Å²) in [6.45, 7) is 0. The van der Waals surface area contributed by atoms with Crippen molar-refractivity contribution >= 4 is 85.7 Å². The minimum Gasteiger partial charge on any atom is -0.480 e. The second kappa shape index (κ2) is 15.7. The molecule has 260 valence electrons. The number of carbonyl (C=O) groups is 2. The molecule has 4 aromatic carbocycles. The topological polar surface area (TPSA) is 199 Å². The smallest absolute Gasteiger partial charge is 0.322 e. The van der Waals surface area contributed by atoms with Crippen LogP contribution in [0.3, 0.4) is 0 Å². The second-order valence-electron chi connectivity index (χ2n) is 11.1. The fraction of sp³-hybridized carbons (Fsp3) is 0.118. The van der Waals surface area contributed by atoms with E-state index in [1.807, 2.05) is 48.5 Å². The highest BCUT2D eigenvalue weighted by molar-refractivity contribution is 9.10. The number of para-hydroxylation sites is 2. The molecule has 0 radical (unpaired) electrons. The molecule has 6 rings (SSSR count). The number of hydrogen-bond donors (Lipinski definition) is 6. The zero-order valence-corrected chi connectivity index (χ0v) is 30.7. The van der Waals surface area contributed by atoms with Crippen LogP contribution in [-0.4, -0.2) is 61.0 Å². The predicted octanol–water partition coefficient (Wildman–Crippen LogP) is 5.81. The molecule has 16 heteroatoms. The number of carboxylic acid groups (broad SMARTS) is 2. The average molecular weight is 847 g/mol. The van der Waals surface area contributed by atoms with Gasteiger partial charge in [0.2, 0.25) is 20.0 Å². The first-order chi connectivity index (χ1) is 23.7. The Bertz CT molecular complexity index is 2190. The van der Waals surface area contributed by atoms with Gasteiger partial charge in [-0.15, -0.1) is 0 Å². The summed E-state index contributed by atoms with van der Waals surface area (Å²) in [5.41, 5.74) is 3.22. The Kier molecular flexibility index (Phi) is 11.6. The number of nitrogens with one attached hydrogen (secondary N) is 4. The van der Waals surface area contributed by atoms with Gasteiger partial charge in [0.25, 0.3) is 0 Å². The van der Waals surface area contributed by atoms with Crippen LogP contribution < -0.4 is 9.44 Å². The molecular formula is C34H30Br2N4O8S2. The maximum Gasteiger partial charge on any atom is 0.322 e. The van der Waals surface area contributed by atoms with E-state index in [9.17, 15) is 36.6 Å². The highest BCUT2D eigenvalue weighted by atomic mass is 79.9. The van der Waals surface area contributed by atoms with E-state index in [0.29, 0.717) is 0 Å². The predicted molar refractivity (Wildman–Crippen MR) is 196 cm³/mol. The first-order valence-electron chi connectivity index (χ1n) is 14.8. The van der Waals surface area contributed by atoms with E-state index in [1.165, 1.54) is 24.3 Å². The van der Waals surface area contributed by atoms with Crippen molar-refractivity contribution in [3.8, 4) is 0 Å². The van der Waals surface area contributed by atoms with E-state index in [0.717, 1.165) is 41.9 Å². The summed E-state index contributed by atoms with van der Waals surface area (Å²) in [6, 6.07) is 24.4. The zero-order chi connectivity index (χ0) is 36.1. The van der Waals surface area contributed by atoms with E-state index in [1.54, 1.807) is 36.7 Å². The molecule has 0 spiro atoms. The maximum atomic E-state index is 12.5. The number of halogens is 2. The summed E-state index contributed by atoms with van der Waals surface area (Å²) in [5, 5.41) is 20.7. The summed E-state index contributed by atoms with van der Waals surface area (Å²) in [4.78, 5) is 29.3. The van der Waals surface area contributed by atoms with E-state index in [4.69, 9.17) is 0 Å². The molecule has 0 aliphatic carbocycles. The number of H-pyrrole nitrogens is 2. The Hall–Kier alpha value is -4.32. The summed E-state index contributed by atoms with van der Waals surface area (Å²) in [7, 11) is -7.88. The van der Waals surface area contributed by atoms with Crippen molar-refractivity contribution in [2.45, 2.75) is 34.7 Å². The maximum absolute atomic E-state index is 12.5. The Balaban J connectivity index is 0.000000194. The molecule has 6 aromatic rings. The van der Waals surface area contributed by atoms with Crippen LogP contribution in [0.15, 0.2) is 128 Å². The molecule has 2 heterocycles. The lowest BCUT2D eigenvalue weighted by Gasteiger charge is -2.14. The number of benzene rings is 4. The van der Waals surface area contributed by atoms with Crippen molar-refractivity contribution in [3.63, 3.8) is 0 Å². The van der Waals surface area contributed by atoms with Gasteiger partial charge in [0, 0.05) is 56.0 Å². The third-order valence-electron chi connectivity index (χ3n) is 7.64. The summed E-state index contributed by atoms with van der Waals surface area (Å²) < 4.78 is 55.8. The van der Waals surface area contributed by atoms with Crippen LogP contribution in [0.25, 0.3) is 21.8 Å². The SMILES string of the molecule is O=C(O)[C@H](Cc1c[nH]c2ccccc12)NS(=O)(=O)c1ccc(Br)cc1.O=C(O)[C@H](Cc1c[nH]c2ccccc12)NS(=O)(=O)c1ccc(Br)cc1. The van der Waals surface area contributed by atoms with Gasteiger partial charge in [-0.2, -0.15) is 9.44 Å². The lowest BCUT2D eigenvalue weighted by atomic mass is 10.1. The van der Waals surface area contributed by atoms with E-state index < -0.39 is 44.1 Å². The van der Waals surface area contributed by atoms with E-state index in [-0.39, 0.29) is 22.6 Å². The Morgan fingerprint density at radius 3 is 1.26 bits per heavy atom. The van der Waals surface area contributed by atoms with Crippen LogP contribution in [0.2, 0.25) is 0 Å². The van der Waals surface area contributed by atoms with Crippen LogP contribution >= 0.6 is 31.9 Å². The van der Waals surface area contributed by atoms with Crippen LogP contribution in [0.4, 0.5) is 0 Å². The Morgan fingerprint density at radius 1 is 0.580 bits per heavy atom. The van der Waals surface area contributed by atoms with E-state index >= 15 is 0 Å². The van der Waals surface area contributed by atoms with Gasteiger partial charge in [-0.25, -0.2) is 16.8 Å². The van der Waals surface area contributed by atoms with Crippen LogP contribution in [0.1, 0.15) is 11.1 Å². The quantitative estimate of drug-likeness (QED) is 0.0887. The van der Waals surface area contributed by atoms with Crippen molar-refractivity contribution in [1.82, 2.24) is 19.4 Å². The number of fused-ring (bicyclic) bond motifs is 2. The molecule has 0 fully saturated rings. The molecule has 2 atom stereocenters. The van der Waals surface area contributed by atoms with E-state index in [2.05, 4.69) is 51.3 Å². The normalized spacial score (nSPS) is 13.0.